The van der Waals surface area contributed by atoms with Crippen LogP contribution in [-0.2, 0) is 0 Å². The summed E-state index contributed by atoms with van der Waals surface area (Å²) >= 11 is 0. The van der Waals surface area contributed by atoms with E-state index in [-0.39, 0.29) is 0 Å². The lowest BCUT2D eigenvalue weighted by Crippen LogP contribution is -2.27. The highest BCUT2D eigenvalue weighted by atomic mass is 15.0. The van der Waals surface area contributed by atoms with Crippen molar-refractivity contribution in [2.75, 3.05) is 0 Å². The van der Waals surface area contributed by atoms with E-state index in [9.17, 15) is 0 Å². The van der Waals surface area contributed by atoms with Crippen molar-refractivity contribution in [2.45, 2.75) is 6.92 Å². The Morgan fingerprint density at radius 1 is 0.522 bits per heavy atom. The lowest BCUT2D eigenvalue weighted by Gasteiger charge is -2.15. The third kappa shape index (κ3) is 4.24. The van der Waals surface area contributed by atoms with E-state index in [4.69, 9.17) is 0 Å². The molecule has 0 aliphatic carbocycles. The molecular formula is C45H33N. The van der Waals surface area contributed by atoms with Crippen LogP contribution >= 0.6 is 0 Å². The summed E-state index contributed by atoms with van der Waals surface area (Å²) in [4.78, 5) is 0. The Hall–Kier alpha value is -5.92. The number of hydrogen-bond donors (Lipinski definition) is 0. The summed E-state index contributed by atoms with van der Waals surface area (Å²) in [5, 5.41) is 8.01. The number of benzene rings is 7. The van der Waals surface area contributed by atoms with Crippen LogP contribution in [-0.4, -0.2) is 4.57 Å². The van der Waals surface area contributed by atoms with Gasteiger partial charge in [-0.15, -0.1) is 0 Å². The summed E-state index contributed by atoms with van der Waals surface area (Å²) in [6.07, 6.45) is 1.99. The molecule has 0 aliphatic heterocycles. The quantitative estimate of drug-likeness (QED) is 0.189. The van der Waals surface area contributed by atoms with Crippen molar-refractivity contribution < 1.29 is 0 Å². The molecule has 8 rings (SSSR count). The molecule has 0 unspecified atom stereocenters. The van der Waals surface area contributed by atoms with E-state index >= 15 is 0 Å². The number of fused-ring (bicyclic) bond motifs is 3. The van der Waals surface area contributed by atoms with Crippen LogP contribution in [0.25, 0.3) is 90.7 Å². The summed E-state index contributed by atoms with van der Waals surface area (Å²) in [6, 6.07) is 49.9. The second kappa shape index (κ2) is 10.9. The average molecular weight is 588 g/mol. The lowest BCUT2D eigenvalue weighted by molar-refractivity contribution is 1.05. The summed E-state index contributed by atoms with van der Waals surface area (Å²) in [7, 11) is 0. The average Bonchev–Trinajstić information content (AvgIpc) is 3.39. The van der Waals surface area contributed by atoms with Crippen LogP contribution in [0.15, 0.2) is 146 Å². The molecule has 0 aliphatic rings. The molecule has 1 heteroatoms. The maximum absolute atomic E-state index is 4.56. The van der Waals surface area contributed by atoms with Crippen molar-refractivity contribution in [3.05, 3.63) is 168 Å². The molecule has 0 saturated heterocycles. The Balaban J connectivity index is 1.26. The van der Waals surface area contributed by atoms with Crippen molar-refractivity contribution in [1.29, 1.82) is 0 Å². The zero-order chi connectivity index (χ0) is 31.4. The van der Waals surface area contributed by atoms with Gasteiger partial charge < -0.3 is 4.57 Å². The zero-order valence-corrected chi connectivity index (χ0v) is 25.9. The molecule has 1 heterocycles. The topological polar surface area (TPSA) is 4.93 Å². The van der Waals surface area contributed by atoms with Gasteiger partial charge in [0.25, 0.3) is 0 Å². The predicted molar refractivity (Wildman–Crippen MR) is 200 cm³/mol. The fourth-order valence-corrected chi connectivity index (χ4v) is 7.27. The molecule has 8 aromatic rings. The predicted octanol–water partition coefficient (Wildman–Crippen LogP) is 10.7. The van der Waals surface area contributed by atoms with E-state index in [2.05, 4.69) is 165 Å². The molecule has 1 nitrogen and oxygen atoms in total. The molecule has 0 bridgehead atoms. The Bertz CT molecular complexity index is 2560. The Kier molecular flexibility index (Phi) is 6.55. The molecule has 46 heavy (non-hydrogen) atoms. The Labute approximate surface area is 269 Å². The molecular weight excluding hydrogens is 555 g/mol. The molecule has 0 spiro atoms. The smallest absolute Gasteiger partial charge is 0.0538 e. The van der Waals surface area contributed by atoms with Gasteiger partial charge in [-0.05, 0) is 96.6 Å². The third-order valence-electron chi connectivity index (χ3n) is 9.47. The minimum absolute atomic E-state index is 0.961. The first kappa shape index (κ1) is 27.6. The Morgan fingerprint density at radius 2 is 1.09 bits per heavy atom. The SMILES string of the molecule is C=Cc1c(C)n(-c2ccc(-c3c(=C)c(=C)c(-c4ccccc4)c4ccccc34)cc2)c2ccc(-c3cccc4ccccc34)cc12. The van der Waals surface area contributed by atoms with Crippen molar-refractivity contribution >= 4 is 51.7 Å². The monoisotopic (exact) mass is 587 g/mol. The molecule has 1 aromatic heterocycles. The van der Waals surface area contributed by atoms with Crippen LogP contribution in [0, 0.1) is 6.92 Å². The number of rotatable bonds is 5. The second-order valence-electron chi connectivity index (χ2n) is 12.0. The first-order valence-corrected chi connectivity index (χ1v) is 15.7. The van der Waals surface area contributed by atoms with Gasteiger partial charge >= 0.3 is 0 Å². The van der Waals surface area contributed by atoms with Crippen LogP contribution in [0.2, 0.25) is 0 Å². The van der Waals surface area contributed by atoms with Gasteiger partial charge in [0.2, 0.25) is 0 Å². The molecule has 7 aromatic carbocycles. The van der Waals surface area contributed by atoms with Gasteiger partial charge in [-0.3, -0.25) is 0 Å². The van der Waals surface area contributed by atoms with Gasteiger partial charge in [0.05, 0.1) is 5.52 Å². The van der Waals surface area contributed by atoms with Crippen molar-refractivity contribution in [1.82, 2.24) is 4.57 Å². The summed E-state index contributed by atoms with van der Waals surface area (Å²) in [5.74, 6) is 0. The van der Waals surface area contributed by atoms with E-state index in [0.29, 0.717) is 0 Å². The van der Waals surface area contributed by atoms with Crippen LogP contribution in [0.5, 0.6) is 0 Å². The molecule has 0 atom stereocenters. The highest BCUT2D eigenvalue weighted by Gasteiger charge is 2.17. The van der Waals surface area contributed by atoms with Crippen LogP contribution in [0.3, 0.4) is 0 Å². The van der Waals surface area contributed by atoms with E-state index in [1.807, 2.05) is 12.1 Å². The molecule has 0 amide bonds. The Morgan fingerprint density at radius 3 is 1.76 bits per heavy atom. The standard InChI is InChI=1S/C45H33N/c1-5-37-31(4)46(43-27-24-35(28-42(37)43)39-21-13-17-32-14-9-10-18-38(32)39)36-25-22-34(23-26-36)45-30(3)29(2)44(33-15-7-6-8-16-33)40-19-11-12-20-41(40)45/h5-28H,1-3H2,4H3. The van der Waals surface area contributed by atoms with Gasteiger partial charge in [-0.1, -0.05) is 141 Å². The molecule has 0 N–H and O–H groups in total. The van der Waals surface area contributed by atoms with Crippen molar-refractivity contribution in [3.8, 4) is 39.1 Å². The largest absolute Gasteiger partial charge is 0.313 e. The highest BCUT2D eigenvalue weighted by molar-refractivity contribution is 6.06. The van der Waals surface area contributed by atoms with Gasteiger partial charge in [0.15, 0.2) is 0 Å². The lowest BCUT2D eigenvalue weighted by atomic mass is 9.89. The third-order valence-corrected chi connectivity index (χ3v) is 9.47. The molecule has 0 fully saturated rings. The van der Waals surface area contributed by atoms with E-state index in [1.165, 1.54) is 49.3 Å². The summed E-state index contributed by atoms with van der Waals surface area (Å²) in [5.41, 5.74) is 11.6. The van der Waals surface area contributed by atoms with Crippen LogP contribution in [0.1, 0.15) is 11.3 Å². The minimum Gasteiger partial charge on any atom is -0.313 e. The molecule has 0 radical (unpaired) electrons. The molecule has 218 valence electrons. The number of hydrogen-bond acceptors (Lipinski definition) is 0. The summed E-state index contributed by atoms with van der Waals surface area (Å²) < 4.78 is 2.34. The van der Waals surface area contributed by atoms with E-state index in [0.717, 1.165) is 43.9 Å². The van der Waals surface area contributed by atoms with Crippen LogP contribution in [0.4, 0.5) is 0 Å². The van der Waals surface area contributed by atoms with Gasteiger partial charge in [0.1, 0.15) is 0 Å². The van der Waals surface area contributed by atoms with Crippen LogP contribution < -0.4 is 10.4 Å². The molecule has 0 saturated carbocycles. The van der Waals surface area contributed by atoms with E-state index < -0.39 is 0 Å². The maximum Gasteiger partial charge on any atom is 0.0538 e. The normalized spacial score (nSPS) is 11.4. The van der Waals surface area contributed by atoms with Gasteiger partial charge in [0, 0.05) is 22.3 Å². The zero-order valence-electron chi connectivity index (χ0n) is 25.9. The maximum atomic E-state index is 4.56. The van der Waals surface area contributed by atoms with Gasteiger partial charge in [-0.2, -0.15) is 0 Å². The fourth-order valence-electron chi connectivity index (χ4n) is 7.27. The summed E-state index contributed by atoms with van der Waals surface area (Å²) in [6.45, 7) is 15.5. The highest BCUT2D eigenvalue weighted by Crippen LogP contribution is 2.37. The van der Waals surface area contributed by atoms with Crippen molar-refractivity contribution in [2.24, 2.45) is 0 Å². The minimum atomic E-state index is 0.961. The number of nitrogens with zero attached hydrogens (tertiary/aromatic N) is 1. The second-order valence-corrected chi connectivity index (χ2v) is 12.0. The number of aromatic nitrogens is 1. The van der Waals surface area contributed by atoms with Gasteiger partial charge in [-0.25, -0.2) is 0 Å². The van der Waals surface area contributed by atoms with E-state index in [1.54, 1.807) is 0 Å². The van der Waals surface area contributed by atoms with Crippen molar-refractivity contribution in [3.63, 3.8) is 0 Å². The first-order chi connectivity index (χ1) is 22.5. The fraction of sp³-hybridized carbons (Fsp3) is 0.0222. The first-order valence-electron chi connectivity index (χ1n) is 15.7.